The molecular formula is C22H31N3O3. The molecule has 28 heavy (non-hydrogen) atoms. The number of hydrogen-bond acceptors (Lipinski definition) is 4. The third-order valence-corrected chi connectivity index (χ3v) is 7.65. The summed E-state index contributed by atoms with van der Waals surface area (Å²) in [7, 11) is 1.58. The predicted molar refractivity (Wildman–Crippen MR) is 106 cm³/mol. The second kappa shape index (κ2) is 6.46. The first-order valence-electron chi connectivity index (χ1n) is 10.3. The van der Waals surface area contributed by atoms with Crippen LogP contribution in [-0.2, 0) is 17.9 Å². The van der Waals surface area contributed by atoms with Crippen LogP contribution >= 0.6 is 0 Å². The molecule has 0 bridgehead atoms. The van der Waals surface area contributed by atoms with Gasteiger partial charge in [0.05, 0.1) is 24.9 Å². The molecule has 0 radical (unpaired) electrons. The minimum absolute atomic E-state index is 0.00486. The van der Waals surface area contributed by atoms with Crippen LogP contribution in [-0.4, -0.2) is 34.8 Å². The minimum Gasteiger partial charge on any atom is -0.481 e. The lowest BCUT2D eigenvalue weighted by molar-refractivity contribution is -0.123. The van der Waals surface area contributed by atoms with Crippen LogP contribution in [0.4, 0.5) is 0 Å². The molecule has 6 heteroatoms. The average molecular weight is 386 g/mol. The van der Waals surface area contributed by atoms with Crippen LogP contribution in [0.1, 0.15) is 75.0 Å². The molecule has 2 heterocycles. The lowest BCUT2D eigenvalue weighted by atomic mass is 10.0. The molecule has 0 spiro atoms. The molecule has 0 saturated heterocycles. The fourth-order valence-corrected chi connectivity index (χ4v) is 5.22. The monoisotopic (exact) mass is 385 g/mol. The van der Waals surface area contributed by atoms with Crippen LogP contribution in [0.15, 0.2) is 6.07 Å². The fraction of sp³-hybridized carbons (Fsp3) is 0.682. The highest BCUT2D eigenvalue weighted by Gasteiger charge is 2.68. The first-order chi connectivity index (χ1) is 13.2. The number of carbonyl (C=O) groups excluding carboxylic acids is 2. The highest BCUT2D eigenvalue weighted by molar-refractivity contribution is 5.98. The molecule has 4 rings (SSSR count). The molecule has 152 valence electrons. The van der Waals surface area contributed by atoms with Crippen molar-refractivity contribution in [1.29, 1.82) is 0 Å². The number of fused-ring (bicyclic) bond motifs is 1. The summed E-state index contributed by atoms with van der Waals surface area (Å²) in [6, 6.07) is 2.19. The molecule has 0 unspecified atom stereocenters. The Kier molecular flexibility index (Phi) is 4.43. The highest BCUT2D eigenvalue weighted by Crippen LogP contribution is 2.68. The van der Waals surface area contributed by atoms with Gasteiger partial charge in [-0.3, -0.25) is 9.59 Å². The van der Waals surface area contributed by atoms with Crippen molar-refractivity contribution in [2.24, 2.45) is 16.7 Å². The van der Waals surface area contributed by atoms with Gasteiger partial charge in [-0.1, -0.05) is 40.5 Å². The van der Waals surface area contributed by atoms with Gasteiger partial charge in [0.1, 0.15) is 0 Å². The number of carbonyl (C=O) groups is 2. The van der Waals surface area contributed by atoms with Crippen LogP contribution in [0, 0.1) is 16.7 Å². The van der Waals surface area contributed by atoms with Crippen molar-refractivity contribution in [3.8, 4) is 5.88 Å². The Bertz CT molecular complexity index is 811. The third-order valence-electron chi connectivity index (χ3n) is 7.65. The van der Waals surface area contributed by atoms with E-state index in [1.54, 1.807) is 7.11 Å². The Hall–Kier alpha value is -2.11. The Morgan fingerprint density at radius 1 is 1.25 bits per heavy atom. The van der Waals surface area contributed by atoms with Gasteiger partial charge in [0.15, 0.2) is 0 Å². The molecule has 2 saturated carbocycles. The highest BCUT2D eigenvalue weighted by atomic mass is 16.5. The number of aromatic nitrogens is 1. The average Bonchev–Trinajstić information content (AvgIpc) is 3.09. The zero-order valence-electron chi connectivity index (χ0n) is 17.6. The van der Waals surface area contributed by atoms with Crippen LogP contribution < -0.4 is 10.1 Å². The number of hydrogen-bond donors (Lipinski definition) is 1. The van der Waals surface area contributed by atoms with Crippen molar-refractivity contribution in [1.82, 2.24) is 15.2 Å². The summed E-state index contributed by atoms with van der Waals surface area (Å²) in [6.45, 7) is 9.40. The molecular weight excluding hydrogens is 354 g/mol. The minimum atomic E-state index is -0.00660. The van der Waals surface area contributed by atoms with Gasteiger partial charge >= 0.3 is 0 Å². The van der Waals surface area contributed by atoms with Gasteiger partial charge < -0.3 is 15.0 Å². The summed E-state index contributed by atoms with van der Waals surface area (Å²) >= 11 is 0. The van der Waals surface area contributed by atoms with Gasteiger partial charge in [-0.25, -0.2) is 4.98 Å². The lowest BCUT2D eigenvalue weighted by Gasteiger charge is -2.22. The van der Waals surface area contributed by atoms with E-state index in [4.69, 9.17) is 4.74 Å². The molecule has 1 aliphatic heterocycles. The Balaban J connectivity index is 1.50. The molecule has 1 aromatic heterocycles. The van der Waals surface area contributed by atoms with E-state index in [-0.39, 0.29) is 28.6 Å². The van der Waals surface area contributed by atoms with E-state index in [0.717, 1.165) is 24.1 Å². The maximum absolute atomic E-state index is 12.9. The van der Waals surface area contributed by atoms with Crippen molar-refractivity contribution >= 4 is 11.8 Å². The van der Waals surface area contributed by atoms with Crippen molar-refractivity contribution in [3.63, 3.8) is 0 Å². The van der Waals surface area contributed by atoms with Gasteiger partial charge in [0.2, 0.25) is 11.8 Å². The second-order valence-corrected chi connectivity index (χ2v) is 9.62. The largest absolute Gasteiger partial charge is 0.481 e. The molecule has 2 aliphatic carbocycles. The van der Waals surface area contributed by atoms with Crippen molar-refractivity contribution in [3.05, 3.63) is 22.9 Å². The standard InChI is InChI=1S/C22H31N3O3/c1-21(2)17(22(21,3)4)18(26)23-11-13-10-15-16(24-19(13)28-5)12-25(20(15)27)14-8-6-7-9-14/h10,14,17H,6-9,11-12H2,1-5H3,(H,23,26). The number of ether oxygens (including phenoxy) is 1. The van der Waals surface area contributed by atoms with Crippen LogP contribution in [0.5, 0.6) is 5.88 Å². The van der Waals surface area contributed by atoms with Gasteiger partial charge in [0, 0.05) is 24.1 Å². The van der Waals surface area contributed by atoms with Gasteiger partial charge in [-0.2, -0.15) is 0 Å². The van der Waals surface area contributed by atoms with E-state index < -0.39 is 0 Å². The van der Waals surface area contributed by atoms with Gasteiger partial charge in [-0.05, 0) is 29.7 Å². The maximum atomic E-state index is 12.9. The second-order valence-electron chi connectivity index (χ2n) is 9.62. The molecule has 0 atom stereocenters. The van der Waals surface area contributed by atoms with Crippen LogP contribution in [0.25, 0.3) is 0 Å². The first-order valence-corrected chi connectivity index (χ1v) is 10.3. The number of nitrogens with zero attached hydrogens (tertiary/aromatic N) is 2. The lowest BCUT2D eigenvalue weighted by Crippen LogP contribution is -2.33. The van der Waals surface area contributed by atoms with E-state index in [1.165, 1.54) is 12.8 Å². The van der Waals surface area contributed by atoms with E-state index in [2.05, 4.69) is 38.0 Å². The third kappa shape index (κ3) is 2.80. The number of pyridine rings is 1. The van der Waals surface area contributed by atoms with Crippen molar-refractivity contribution in [2.45, 2.75) is 72.5 Å². The summed E-state index contributed by atoms with van der Waals surface area (Å²) in [6.07, 6.45) is 4.53. The topological polar surface area (TPSA) is 71.5 Å². The van der Waals surface area contributed by atoms with Crippen LogP contribution in [0.2, 0.25) is 0 Å². The molecule has 3 aliphatic rings. The summed E-state index contributed by atoms with van der Waals surface area (Å²) in [4.78, 5) is 32.2. The smallest absolute Gasteiger partial charge is 0.256 e. The number of nitrogens with one attached hydrogen (secondary N) is 1. The SMILES string of the molecule is COc1nc2c(cc1CNC(=O)C1C(C)(C)C1(C)C)C(=O)N(C1CCCC1)C2. The Labute approximate surface area is 167 Å². The summed E-state index contributed by atoms with van der Waals surface area (Å²) in [5.41, 5.74) is 2.19. The number of methoxy groups -OCH3 is 1. The van der Waals surface area contributed by atoms with Crippen molar-refractivity contribution in [2.75, 3.05) is 7.11 Å². The van der Waals surface area contributed by atoms with Gasteiger partial charge in [-0.15, -0.1) is 0 Å². The number of rotatable bonds is 5. The molecule has 2 fully saturated rings. The fourth-order valence-electron chi connectivity index (χ4n) is 5.22. The quantitative estimate of drug-likeness (QED) is 0.844. The van der Waals surface area contributed by atoms with E-state index in [1.807, 2.05) is 11.0 Å². The predicted octanol–water partition coefficient (Wildman–Crippen LogP) is 3.29. The van der Waals surface area contributed by atoms with E-state index in [0.29, 0.717) is 30.6 Å². The summed E-state index contributed by atoms with van der Waals surface area (Å²) < 4.78 is 5.46. The Morgan fingerprint density at radius 2 is 1.89 bits per heavy atom. The van der Waals surface area contributed by atoms with E-state index in [9.17, 15) is 9.59 Å². The molecule has 6 nitrogen and oxygen atoms in total. The Morgan fingerprint density at radius 3 is 2.46 bits per heavy atom. The summed E-state index contributed by atoms with van der Waals surface area (Å²) in [5, 5.41) is 3.04. The normalized spacial score (nSPS) is 23.0. The number of amides is 2. The van der Waals surface area contributed by atoms with Crippen molar-refractivity contribution < 1.29 is 14.3 Å². The maximum Gasteiger partial charge on any atom is 0.256 e. The molecule has 2 amide bonds. The molecule has 1 aromatic rings. The van der Waals surface area contributed by atoms with E-state index >= 15 is 0 Å². The first kappa shape index (κ1) is 19.2. The zero-order valence-corrected chi connectivity index (χ0v) is 17.6. The molecule has 1 N–H and O–H groups in total. The van der Waals surface area contributed by atoms with Crippen LogP contribution in [0.3, 0.4) is 0 Å². The zero-order chi connectivity index (χ0) is 20.3. The summed E-state index contributed by atoms with van der Waals surface area (Å²) in [5.74, 6) is 0.605. The van der Waals surface area contributed by atoms with Gasteiger partial charge in [0.25, 0.3) is 5.91 Å². The molecule has 0 aromatic carbocycles.